The molecule has 0 fully saturated rings. The van der Waals surface area contributed by atoms with Gasteiger partial charge in [0, 0.05) is 11.6 Å². The second kappa shape index (κ2) is 9.91. The zero-order valence-corrected chi connectivity index (χ0v) is 17.8. The molecule has 2 aromatic carbocycles. The highest BCUT2D eigenvalue weighted by atomic mass is 35.5. The van der Waals surface area contributed by atoms with E-state index in [1.165, 1.54) is 0 Å². The fraction of sp³-hybridized carbons (Fsp3) is 0.350. The van der Waals surface area contributed by atoms with Gasteiger partial charge in [-0.05, 0) is 35.7 Å². The summed E-state index contributed by atoms with van der Waals surface area (Å²) in [7, 11) is -2.00. The zero-order valence-electron chi connectivity index (χ0n) is 16.2. The molecular weight excluding hydrogens is 400 g/mol. The van der Waals surface area contributed by atoms with E-state index in [1.807, 2.05) is 31.2 Å². The van der Waals surface area contributed by atoms with Gasteiger partial charge in [0.15, 0.2) is 0 Å². The average Bonchev–Trinajstić information content (AvgIpc) is 2.66. The predicted octanol–water partition coefficient (Wildman–Crippen LogP) is 3.38. The Morgan fingerprint density at radius 2 is 1.82 bits per heavy atom. The van der Waals surface area contributed by atoms with Crippen LogP contribution >= 0.6 is 11.6 Å². The van der Waals surface area contributed by atoms with Gasteiger partial charge in [0.1, 0.15) is 5.75 Å². The summed E-state index contributed by atoms with van der Waals surface area (Å²) in [5, 5.41) is 3.36. The van der Waals surface area contributed by atoms with Crippen molar-refractivity contribution in [2.75, 3.05) is 19.9 Å². The molecule has 6 nitrogen and oxygen atoms in total. The average molecular weight is 425 g/mol. The molecule has 0 saturated heterocycles. The smallest absolute Gasteiger partial charge is 0.235 e. The summed E-state index contributed by atoms with van der Waals surface area (Å²) in [6.07, 6.45) is 1.75. The van der Waals surface area contributed by atoms with Crippen LogP contribution < -0.4 is 10.1 Å². The Kier molecular flexibility index (Phi) is 7.86. The van der Waals surface area contributed by atoms with Gasteiger partial charge >= 0.3 is 0 Å². The molecule has 0 aliphatic heterocycles. The molecule has 0 radical (unpaired) electrons. The van der Waals surface area contributed by atoms with Crippen molar-refractivity contribution in [1.82, 2.24) is 9.62 Å². The van der Waals surface area contributed by atoms with E-state index in [0.29, 0.717) is 17.0 Å². The lowest BCUT2D eigenvalue weighted by atomic mass is 10.0. The highest BCUT2D eigenvalue weighted by Gasteiger charge is 2.23. The zero-order chi connectivity index (χ0) is 20.7. The van der Waals surface area contributed by atoms with E-state index in [1.54, 1.807) is 31.4 Å². The van der Waals surface area contributed by atoms with Crippen molar-refractivity contribution < 1.29 is 17.9 Å². The summed E-state index contributed by atoms with van der Waals surface area (Å²) in [4.78, 5) is 12.6. The number of rotatable bonds is 9. The Bertz CT molecular complexity index is 901. The number of nitrogens with zero attached hydrogens (tertiary/aromatic N) is 1. The van der Waals surface area contributed by atoms with Gasteiger partial charge in [0.25, 0.3) is 0 Å². The number of amides is 1. The second-order valence-corrected chi connectivity index (χ2v) is 8.81. The predicted molar refractivity (Wildman–Crippen MR) is 111 cm³/mol. The van der Waals surface area contributed by atoms with Crippen LogP contribution in [0.4, 0.5) is 0 Å². The van der Waals surface area contributed by atoms with Crippen LogP contribution in [0.15, 0.2) is 48.5 Å². The molecule has 0 bridgehead atoms. The normalized spacial score (nSPS) is 12.6. The standard InChI is InChI=1S/C20H25ClN2O4S/c1-4-19(15-9-11-17(27-2)12-10-15)22-20(24)14-23(28(3,25)26)13-16-7-5-6-8-18(16)21/h5-12,19H,4,13-14H2,1-3H3,(H,22,24). The van der Waals surface area contributed by atoms with Gasteiger partial charge in [-0.15, -0.1) is 0 Å². The van der Waals surface area contributed by atoms with E-state index >= 15 is 0 Å². The third kappa shape index (κ3) is 6.22. The van der Waals surface area contributed by atoms with Gasteiger partial charge in [-0.1, -0.05) is 48.9 Å². The van der Waals surface area contributed by atoms with Crippen molar-refractivity contribution in [3.63, 3.8) is 0 Å². The molecule has 0 aromatic heterocycles. The maximum absolute atomic E-state index is 12.6. The largest absolute Gasteiger partial charge is 0.497 e. The van der Waals surface area contributed by atoms with Gasteiger partial charge in [-0.2, -0.15) is 4.31 Å². The van der Waals surface area contributed by atoms with E-state index in [4.69, 9.17) is 16.3 Å². The number of carbonyl (C=O) groups is 1. The molecular formula is C20H25ClN2O4S. The van der Waals surface area contributed by atoms with Gasteiger partial charge in [-0.25, -0.2) is 8.42 Å². The summed E-state index contributed by atoms with van der Waals surface area (Å²) >= 11 is 6.13. The van der Waals surface area contributed by atoms with E-state index in [0.717, 1.165) is 21.9 Å². The van der Waals surface area contributed by atoms with Crippen LogP contribution in [0.5, 0.6) is 5.75 Å². The Hall–Kier alpha value is -2.09. The number of ether oxygens (including phenoxy) is 1. The molecule has 2 rings (SSSR count). The van der Waals surface area contributed by atoms with E-state index in [9.17, 15) is 13.2 Å². The van der Waals surface area contributed by atoms with Gasteiger partial charge in [0.05, 0.1) is 26.0 Å². The van der Waals surface area contributed by atoms with Crippen LogP contribution in [0.1, 0.15) is 30.5 Å². The molecule has 152 valence electrons. The van der Waals surface area contributed by atoms with Gasteiger partial charge in [0.2, 0.25) is 15.9 Å². The fourth-order valence-electron chi connectivity index (χ4n) is 2.76. The summed E-state index contributed by atoms with van der Waals surface area (Å²) in [5.41, 5.74) is 1.57. The number of benzene rings is 2. The minimum absolute atomic E-state index is 0.0330. The number of sulfonamides is 1. The lowest BCUT2D eigenvalue weighted by Gasteiger charge is -2.23. The first-order chi connectivity index (χ1) is 13.2. The highest BCUT2D eigenvalue weighted by Crippen LogP contribution is 2.21. The Morgan fingerprint density at radius 3 is 2.36 bits per heavy atom. The minimum Gasteiger partial charge on any atom is -0.497 e. The lowest BCUT2D eigenvalue weighted by Crippen LogP contribution is -2.41. The molecule has 8 heteroatoms. The molecule has 1 N–H and O–H groups in total. The molecule has 0 saturated carbocycles. The maximum Gasteiger partial charge on any atom is 0.235 e. The summed E-state index contributed by atoms with van der Waals surface area (Å²) in [6, 6.07) is 14.2. The molecule has 2 aromatic rings. The molecule has 0 aliphatic rings. The fourth-order valence-corrected chi connectivity index (χ4v) is 3.69. The molecule has 1 atom stereocenters. The van der Waals surface area contributed by atoms with Gasteiger partial charge < -0.3 is 10.1 Å². The highest BCUT2D eigenvalue weighted by molar-refractivity contribution is 7.88. The van der Waals surface area contributed by atoms with Crippen LogP contribution in [0.25, 0.3) is 0 Å². The lowest BCUT2D eigenvalue weighted by molar-refractivity contribution is -0.122. The number of carbonyl (C=O) groups excluding carboxylic acids is 1. The van der Waals surface area contributed by atoms with Crippen LogP contribution in [-0.4, -0.2) is 38.5 Å². The molecule has 1 unspecified atom stereocenters. The van der Waals surface area contributed by atoms with Crippen molar-refractivity contribution in [3.8, 4) is 5.75 Å². The molecule has 0 spiro atoms. The number of hydrogen-bond acceptors (Lipinski definition) is 4. The molecule has 0 aliphatic carbocycles. The first-order valence-corrected chi connectivity index (χ1v) is 11.1. The van der Waals surface area contributed by atoms with Crippen LogP contribution in [0.3, 0.4) is 0 Å². The van der Waals surface area contributed by atoms with E-state index < -0.39 is 10.0 Å². The molecule has 0 heterocycles. The topological polar surface area (TPSA) is 75.7 Å². The van der Waals surface area contributed by atoms with Crippen molar-refractivity contribution >= 4 is 27.5 Å². The third-order valence-electron chi connectivity index (χ3n) is 4.36. The maximum atomic E-state index is 12.6. The van der Waals surface area contributed by atoms with Crippen LogP contribution in [0, 0.1) is 0 Å². The van der Waals surface area contributed by atoms with Crippen molar-refractivity contribution in [2.45, 2.75) is 25.9 Å². The Labute approximate surface area is 171 Å². The minimum atomic E-state index is -3.59. The van der Waals surface area contributed by atoms with Crippen LogP contribution in [-0.2, 0) is 21.4 Å². The second-order valence-electron chi connectivity index (χ2n) is 6.42. The SMILES string of the molecule is CCC(NC(=O)CN(Cc1ccccc1Cl)S(C)(=O)=O)c1ccc(OC)cc1. The Morgan fingerprint density at radius 1 is 1.18 bits per heavy atom. The quantitative estimate of drug-likeness (QED) is 0.669. The number of hydrogen-bond donors (Lipinski definition) is 1. The van der Waals surface area contributed by atoms with Gasteiger partial charge in [-0.3, -0.25) is 4.79 Å². The third-order valence-corrected chi connectivity index (χ3v) is 5.92. The van der Waals surface area contributed by atoms with Crippen molar-refractivity contribution in [2.24, 2.45) is 0 Å². The van der Waals surface area contributed by atoms with E-state index in [2.05, 4.69) is 5.32 Å². The first kappa shape index (κ1) is 22.2. The number of halogens is 1. The molecule has 1 amide bonds. The summed E-state index contributed by atoms with van der Waals surface area (Å²) in [6.45, 7) is 1.70. The first-order valence-electron chi connectivity index (χ1n) is 8.86. The van der Waals surface area contributed by atoms with Crippen molar-refractivity contribution in [1.29, 1.82) is 0 Å². The number of methoxy groups -OCH3 is 1. The van der Waals surface area contributed by atoms with E-state index in [-0.39, 0.29) is 25.0 Å². The van der Waals surface area contributed by atoms with Crippen LogP contribution in [0.2, 0.25) is 5.02 Å². The summed E-state index contributed by atoms with van der Waals surface area (Å²) in [5.74, 6) is 0.355. The molecule has 28 heavy (non-hydrogen) atoms. The number of nitrogens with one attached hydrogen (secondary N) is 1. The summed E-state index contributed by atoms with van der Waals surface area (Å²) < 4.78 is 30.6. The monoisotopic (exact) mass is 424 g/mol. The van der Waals surface area contributed by atoms with Crippen molar-refractivity contribution in [3.05, 3.63) is 64.7 Å². The Balaban J connectivity index is 2.10.